The number of H-pyrrole nitrogens is 1. The number of carboxylic acid groups (broad SMARTS) is 3. The summed E-state index contributed by atoms with van der Waals surface area (Å²) in [6.45, 7) is 6.31. The highest BCUT2D eigenvalue weighted by Crippen LogP contribution is 2.30. The predicted molar refractivity (Wildman–Crippen MR) is 270 cm³/mol. The van der Waals surface area contributed by atoms with Crippen LogP contribution in [0.25, 0.3) is 0 Å². The van der Waals surface area contributed by atoms with Gasteiger partial charge in [0.25, 0.3) is 0 Å². The fraction of sp³-hybridized carbons (Fsp3) is 0.729. The average molecular weight is 1110 g/mol. The first-order chi connectivity index (χ1) is 36.7. The number of aromatic nitrogens is 2. The summed E-state index contributed by atoms with van der Waals surface area (Å²) in [4.78, 5) is 141. The summed E-state index contributed by atoms with van der Waals surface area (Å²) in [7, 11) is 0. The van der Waals surface area contributed by atoms with Crippen LogP contribution in [0.5, 0.6) is 0 Å². The van der Waals surface area contributed by atoms with Crippen LogP contribution in [-0.2, 0) is 59.1 Å². The largest absolute Gasteiger partial charge is 0.481 e. The molecule has 0 bridgehead atoms. The topological polar surface area (TPSA) is 484 Å². The fourth-order valence-corrected chi connectivity index (χ4v) is 8.95. The zero-order chi connectivity index (χ0) is 58.6. The molecule has 1 aromatic heterocycles. The molecule has 0 aromatic carbocycles. The molecule has 2 aliphatic heterocycles. The van der Waals surface area contributed by atoms with Crippen molar-refractivity contribution in [3.8, 4) is 0 Å². The number of carbonyl (C=O) groups excluding carboxylic acids is 7. The minimum absolute atomic E-state index is 0.0158. The zero-order valence-corrected chi connectivity index (χ0v) is 44.4. The maximum atomic E-state index is 14.3. The fourth-order valence-electron chi connectivity index (χ4n) is 8.95. The maximum absolute atomic E-state index is 14.3. The van der Waals surface area contributed by atoms with Crippen LogP contribution in [0.4, 0.5) is 0 Å². The van der Waals surface area contributed by atoms with Crippen molar-refractivity contribution in [1.82, 2.24) is 52.1 Å². The molecule has 3 rings (SSSR count). The first-order valence-corrected chi connectivity index (χ1v) is 25.9. The Morgan fingerprint density at radius 3 is 1.82 bits per heavy atom. The van der Waals surface area contributed by atoms with Crippen LogP contribution in [0.1, 0.15) is 105 Å². The summed E-state index contributed by atoms with van der Waals surface area (Å²) >= 11 is 0. The third-order valence-electron chi connectivity index (χ3n) is 13.3. The molecule has 18 N–H and O–H groups in total. The van der Waals surface area contributed by atoms with Gasteiger partial charge in [-0.15, -0.1) is 0 Å². The SMILES string of the molecule is CC(C)C[C@H](NC(=O)[C@H](Cc1cnc[nH]1)NC(=O)[C@@H](N[C@@]1(CO)O[C@H](CO)[C@@H](O)[C@@H]1O)C(C)C)C(=O)N[C@H](C(=O)N1CCC[C@H]1C(=O)N[C@@H](CCC(=O)O)C(=O)N[C@@H](CCC(=O)O)C(=O)N[C@@H](CCCCN)C(=O)O)[C@@H](C)O. The van der Waals surface area contributed by atoms with Crippen LogP contribution < -0.4 is 43.0 Å². The molecule has 2 fully saturated rings. The number of aliphatic carboxylic acids is 3. The van der Waals surface area contributed by atoms with Gasteiger partial charge in [-0.1, -0.05) is 27.7 Å². The van der Waals surface area contributed by atoms with Gasteiger partial charge in [0, 0.05) is 37.7 Å². The number of nitrogens with zero attached hydrogens (tertiary/aromatic N) is 2. The number of imidazole rings is 1. The van der Waals surface area contributed by atoms with E-state index in [2.05, 4.69) is 47.2 Å². The summed E-state index contributed by atoms with van der Waals surface area (Å²) in [5.74, 6) is -11.9. The van der Waals surface area contributed by atoms with Gasteiger partial charge in [-0.3, -0.25) is 48.5 Å². The van der Waals surface area contributed by atoms with E-state index in [9.17, 15) is 88.8 Å². The Kier molecular flexibility index (Phi) is 26.4. The molecule has 2 aliphatic rings. The van der Waals surface area contributed by atoms with E-state index >= 15 is 0 Å². The molecule has 0 radical (unpaired) electrons. The van der Waals surface area contributed by atoms with Gasteiger partial charge in [0.15, 0.2) is 5.72 Å². The smallest absolute Gasteiger partial charge is 0.326 e. The molecular weight excluding hydrogens is 1030 g/mol. The van der Waals surface area contributed by atoms with Crippen molar-refractivity contribution in [2.45, 2.75) is 184 Å². The molecular formula is C48H79N11O19. The zero-order valence-electron chi connectivity index (χ0n) is 44.4. The Bertz CT molecular complexity index is 2200. The number of carbonyl (C=O) groups is 10. The monoisotopic (exact) mass is 1110 g/mol. The number of rotatable bonds is 34. The molecule has 1 aromatic rings. The highest BCUT2D eigenvalue weighted by Gasteiger charge is 2.55. The molecule has 30 nitrogen and oxygen atoms in total. The van der Waals surface area contributed by atoms with Crippen molar-refractivity contribution >= 4 is 59.3 Å². The molecule has 7 amide bonds. The van der Waals surface area contributed by atoms with Crippen molar-refractivity contribution in [1.29, 1.82) is 0 Å². The molecule has 78 heavy (non-hydrogen) atoms. The second-order valence-corrected chi connectivity index (χ2v) is 20.3. The summed E-state index contributed by atoms with van der Waals surface area (Å²) < 4.78 is 5.60. The number of nitrogens with one attached hydrogen (secondary N) is 8. The standard InChI is InChI=1S/C48H79N11O19/c1-23(2)17-30(55-42(71)31(18-26-19-50-22-51-26)56-45(74)36(24(3)4)58-48(21-61)39(68)38(67)33(20-60)78-48)43(72)57-37(25(5)62)46(75)59-16-8-10-32(59)44(73)53-28(12-14-35(65)66)40(69)52-27(11-13-34(63)64)41(70)54-29(47(76)77)9-6-7-15-49/h19,22-25,27-33,36-39,58,60-62,67-68H,6-18,20-21,49H2,1-5H3,(H,50,51)(H,52,69)(H,53,73)(H,54,70)(H,55,71)(H,56,74)(H,57,72)(H,63,64)(H,65,66)(H,76,77)/t25-,27+,28+,29+,30+,31+,32+,33-,36+,37+,38-,39+,48+/m1/s1. The number of nitrogens with two attached hydrogens (primary N) is 1. The number of aromatic amines is 1. The third-order valence-corrected chi connectivity index (χ3v) is 13.3. The minimum Gasteiger partial charge on any atom is -0.481 e. The van der Waals surface area contributed by atoms with E-state index in [-0.39, 0.29) is 51.1 Å². The molecule has 0 unspecified atom stereocenters. The molecule has 440 valence electrons. The number of ether oxygens (including phenoxy) is 1. The Labute approximate surface area is 449 Å². The highest BCUT2D eigenvalue weighted by molar-refractivity contribution is 5.98. The van der Waals surface area contributed by atoms with E-state index in [1.54, 1.807) is 27.7 Å². The van der Waals surface area contributed by atoms with Crippen LogP contribution in [0.3, 0.4) is 0 Å². The van der Waals surface area contributed by atoms with Crippen molar-refractivity contribution in [3.63, 3.8) is 0 Å². The Hall–Kier alpha value is -6.41. The van der Waals surface area contributed by atoms with Crippen LogP contribution in [0, 0.1) is 11.8 Å². The van der Waals surface area contributed by atoms with Gasteiger partial charge in [0.2, 0.25) is 41.4 Å². The van der Waals surface area contributed by atoms with Crippen molar-refractivity contribution in [2.75, 3.05) is 26.3 Å². The summed E-state index contributed by atoms with van der Waals surface area (Å²) in [5, 5.41) is 98.3. The quantitative estimate of drug-likeness (QED) is 0.0287. The minimum atomic E-state index is -2.11. The summed E-state index contributed by atoms with van der Waals surface area (Å²) in [6, 6.07) is -12.1. The van der Waals surface area contributed by atoms with Crippen LogP contribution in [0.2, 0.25) is 0 Å². The molecule has 0 aliphatic carbocycles. The Balaban J connectivity index is 1.86. The Morgan fingerprint density at radius 1 is 0.756 bits per heavy atom. The lowest BCUT2D eigenvalue weighted by Gasteiger charge is -2.36. The number of aliphatic hydroxyl groups excluding tert-OH is 5. The van der Waals surface area contributed by atoms with Gasteiger partial charge in [-0.25, -0.2) is 9.78 Å². The van der Waals surface area contributed by atoms with E-state index in [0.717, 1.165) is 4.90 Å². The van der Waals surface area contributed by atoms with Crippen LogP contribution in [0.15, 0.2) is 12.5 Å². The molecule has 2 saturated heterocycles. The number of hydrogen-bond donors (Lipinski definition) is 17. The molecule has 0 saturated carbocycles. The first kappa shape index (κ1) is 65.9. The number of carboxylic acids is 3. The maximum Gasteiger partial charge on any atom is 0.326 e. The van der Waals surface area contributed by atoms with Gasteiger partial charge < -0.3 is 93.1 Å². The van der Waals surface area contributed by atoms with Crippen molar-refractivity contribution in [2.24, 2.45) is 17.6 Å². The van der Waals surface area contributed by atoms with Gasteiger partial charge in [0.05, 0.1) is 31.7 Å². The van der Waals surface area contributed by atoms with E-state index in [4.69, 9.17) is 10.5 Å². The second kappa shape index (κ2) is 31.3. The lowest BCUT2D eigenvalue weighted by Crippen LogP contribution is -2.66. The average Bonchev–Trinajstić information content (AvgIpc) is 4.14. The van der Waals surface area contributed by atoms with Crippen LogP contribution in [-0.4, -0.2) is 220 Å². The van der Waals surface area contributed by atoms with E-state index in [0.29, 0.717) is 18.5 Å². The normalized spacial score (nSPS) is 22.2. The van der Waals surface area contributed by atoms with E-state index < -0.39 is 183 Å². The van der Waals surface area contributed by atoms with E-state index in [1.165, 1.54) is 19.4 Å². The Morgan fingerprint density at radius 2 is 1.32 bits per heavy atom. The van der Waals surface area contributed by atoms with Crippen molar-refractivity contribution in [3.05, 3.63) is 18.2 Å². The molecule has 3 heterocycles. The van der Waals surface area contributed by atoms with Gasteiger partial charge >= 0.3 is 17.9 Å². The summed E-state index contributed by atoms with van der Waals surface area (Å²) in [5.41, 5.74) is 3.74. The van der Waals surface area contributed by atoms with Gasteiger partial charge in [-0.2, -0.15) is 0 Å². The number of amides is 7. The number of hydrogen-bond acceptors (Lipinski definition) is 19. The number of aliphatic hydroxyl groups is 5. The molecule has 30 heteroatoms. The number of unbranched alkanes of at least 4 members (excludes halogenated alkanes) is 1. The molecule has 0 spiro atoms. The van der Waals surface area contributed by atoms with Gasteiger partial charge in [-0.05, 0) is 76.7 Å². The highest BCUT2D eigenvalue weighted by atomic mass is 16.6. The number of likely N-dealkylation sites (tertiary alicyclic amines) is 1. The first-order valence-electron chi connectivity index (χ1n) is 25.9. The second-order valence-electron chi connectivity index (χ2n) is 20.3. The van der Waals surface area contributed by atoms with E-state index in [1.807, 2.05) is 0 Å². The van der Waals surface area contributed by atoms with Crippen LogP contribution >= 0.6 is 0 Å². The lowest BCUT2D eigenvalue weighted by molar-refractivity contribution is -0.153. The third kappa shape index (κ3) is 19.2. The summed E-state index contributed by atoms with van der Waals surface area (Å²) in [6.07, 6.45) is -5.54. The predicted octanol–water partition coefficient (Wildman–Crippen LogP) is -5.36. The molecule has 13 atom stereocenters. The lowest BCUT2D eigenvalue weighted by atomic mass is 9.97. The van der Waals surface area contributed by atoms with Crippen molar-refractivity contribution < 1.29 is 93.5 Å². The van der Waals surface area contributed by atoms with Gasteiger partial charge in [0.1, 0.15) is 60.6 Å².